The Kier molecular flexibility index (Phi) is 6.33. The summed E-state index contributed by atoms with van der Waals surface area (Å²) in [4.78, 5) is 15.0. The summed E-state index contributed by atoms with van der Waals surface area (Å²) in [7, 11) is -3.62. The van der Waals surface area contributed by atoms with E-state index in [-0.39, 0.29) is 10.9 Å². The number of imidazole rings is 1. The molecule has 5 aromatic rings. The summed E-state index contributed by atoms with van der Waals surface area (Å²) in [5.74, 6) is 0.403. The van der Waals surface area contributed by atoms with Crippen molar-refractivity contribution < 1.29 is 8.42 Å². The van der Waals surface area contributed by atoms with E-state index in [2.05, 4.69) is 16.4 Å². The van der Waals surface area contributed by atoms with Crippen LogP contribution in [0.5, 0.6) is 0 Å². The number of benzene rings is 2. The van der Waals surface area contributed by atoms with Crippen LogP contribution in [0.25, 0.3) is 27.6 Å². The molecule has 12 heteroatoms. The van der Waals surface area contributed by atoms with E-state index in [9.17, 15) is 13.7 Å². The average molecular weight is 562 g/mol. The van der Waals surface area contributed by atoms with Gasteiger partial charge >= 0.3 is 0 Å². The van der Waals surface area contributed by atoms with E-state index >= 15 is 0 Å². The van der Waals surface area contributed by atoms with Gasteiger partial charge in [0, 0.05) is 47.5 Å². The van der Waals surface area contributed by atoms with Crippen LogP contribution in [0.2, 0.25) is 5.02 Å². The number of anilines is 1. The first-order valence-electron chi connectivity index (χ1n) is 11.7. The molecule has 3 aromatic heterocycles. The maximum atomic E-state index is 13.1. The smallest absolute Gasteiger partial charge is 0.243 e. The van der Waals surface area contributed by atoms with Gasteiger partial charge in [0.1, 0.15) is 5.69 Å². The number of nitrogens with one attached hydrogen (secondary N) is 1. The van der Waals surface area contributed by atoms with Crippen LogP contribution >= 0.6 is 22.9 Å². The van der Waals surface area contributed by atoms with Crippen molar-refractivity contribution in [1.82, 2.24) is 23.7 Å². The Labute approximate surface area is 228 Å². The standard InChI is InChI=1S/C26H20ClN7O2S2/c27-19-4-6-21(7-5-19)38(35,36)33-11-9-20(16-33)30-25-29-10-8-22(31-25)24-23(32-26-34(24)12-13-37-26)18-3-1-2-17(14-18)15-28/h1-8,10,12-14,20H,9,11,16H2,(H,29,30,31)/t20-/m1/s1. The summed E-state index contributed by atoms with van der Waals surface area (Å²) in [6.07, 6.45) is 4.23. The molecule has 6 rings (SSSR count). The highest BCUT2D eigenvalue weighted by atomic mass is 35.5. The monoisotopic (exact) mass is 561 g/mol. The third-order valence-electron chi connectivity index (χ3n) is 6.36. The van der Waals surface area contributed by atoms with Gasteiger partial charge in [0.2, 0.25) is 16.0 Å². The molecule has 0 saturated carbocycles. The SMILES string of the molecule is N#Cc1cccc(-c2nc3sccn3c2-c2ccnc(N[C@@H]3CCN(S(=O)(=O)c4ccc(Cl)cc4)C3)n2)c1. The third-order valence-corrected chi connectivity index (χ3v) is 9.25. The van der Waals surface area contributed by atoms with Crippen molar-refractivity contribution in [1.29, 1.82) is 5.26 Å². The fraction of sp³-hybridized carbons (Fsp3) is 0.154. The second-order valence-electron chi connectivity index (χ2n) is 8.77. The summed E-state index contributed by atoms with van der Waals surface area (Å²) in [5, 5.41) is 15.1. The molecule has 1 fully saturated rings. The molecule has 1 aliphatic heterocycles. The molecule has 4 heterocycles. The molecule has 2 aromatic carbocycles. The molecule has 0 bridgehead atoms. The second-order valence-corrected chi connectivity index (χ2v) is 12.0. The van der Waals surface area contributed by atoms with E-state index in [1.165, 1.54) is 27.8 Å². The van der Waals surface area contributed by atoms with Crippen LogP contribution in [0, 0.1) is 11.3 Å². The minimum Gasteiger partial charge on any atom is -0.350 e. The van der Waals surface area contributed by atoms with E-state index in [1.54, 1.807) is 24.4 Å². The summed E-state index contributed by atoms with van der Waals surface area (Å²) in [6.45, 7) is 0.687. The maximum Gasteiger partial charge on any atom is 0.243 e. The quantitative estimate of drug-likeness (QED) is 0.313. The molecule has 0 amide bonds. The number of nitriles is 1. The first-order chi connectivity index (χ1) is 18.4. The van der Waals surface area contributed by atoms with Crippen LogP contribution in [0.4, 0.5) is 5.95 Å². The van der Waals surface area contributed by atoms with Gasteiger partial charge in [-0.25, -0.2) is 23.4 Å². The van der Waals surface area contributed by atoms with Gasteiger partial charge in [-0.2, -0.15) is 9.57 Å². The van der Waals surface area contributed by atoms with Gasteiger partial charge < -0.3 is 5.32 Å². The second kappa shape index (κ2) is 9.81. The lowest BCUT2D eigenvalue weighted by molar-refractivity contribution is 0.474. The fourth-order valence-electron chi connectivity index (χ4n) is 4.53. The third kappa shape index (κ3) is 4.52. The van der Waals surface area contributed by atoms with Gasteiger partial charge in [0.05, 0.1) is 27.9 Å². The number of hydrogen-bond acceptors (Lipinski definition) is 8. The van der Waals surface area contributed by atoms with Crippen molar-refractivity contribution in [3.8, 4) is 28.7 Å². The molecule has 1 atom stereocenters. The van der Waals surface area contributed by atoms with E-state index < -0.39 is 10.0 Å². The van der Waals surface area contributed by atoms with Crippen molar-refractivity contribution in [3.63, 3.8) is 0 Å². The Balaban J connectivity index is 1.27. The lowest BCUT2D eigenvalue weighted by Crippen LogP contribution is -2.32. The summed E-state index contributed by atoms with van der Waals surface area (Å²) < 4.78 is 29.6. The molecule has 1 aliphatic rings. The molecule has 190 valence electrons. The predicted molar refractivity (Wildman–Crippen MR) is 146 cm³/mol. The molecule has 0 unspecified atom stereocenters. The zero-order valence-electron chi connectivity index (χ0n) is 19.8. The average Bonchev–Trinajstić information content (AvgIpc) is 3.66. The van der Waals surface area contributed by atoms with E-state index in [4.69, 9.17) is 21.6 Å². The molecule has 1 saturated heterocycles. The van der Waals surface area contributed by atoms with Crippen LogP contribution in [-0.2, 0) is 10.0 Å². The zero-order chi connectivity index (χ0) is 26.3. The van der Waals surface area contributed by atoms with Crippen LogP contribution in [0.15, 0.2) is 77.3 Å². The Morgan fingerprint density at radius 3 is 2.79 bits per heavy atom. The number of halogens is 1. The van der Waals surface area contributed by atoms with Crippen molar-refractivity contribution in [2.45, 2.75) is 17.4 Å². The molecule has 9 nitrogen and oxygen atoms in total. The van der Waals surface area contributed by atoms with Crippen LogP contribution < -0.4 is 5.32 Å². The number of thiazole rings is 1. The first kappa shape index (κ1) is 24.5. The maximum absolute atomic E-state index is 13.1. The minimum atomic E-state index is -3.62. The largest absolute Gasteiger partial charge is 0.350 e. The van der Waals surface area contributed by atoms with Gasteiger partial charge in [-0.3, -0.25) is 4.40 Å². The van der Waals surface area contributed by atoms with Crippen molar-refractivity contribution in [3.05, 3.63) is 83.0 Å². The minimum absolute atomic E-state index is 0.147. The Morgan fingerprint density at radius 1 is 1.13 bits per heavy atom. The van der Waals surface area contributed by atoms with Crippen molar-refractivity contribution >= 4 is 43.9 Å². The van der Waals surface area contributed by atoms with E-state index in [0.717, 1.165) is 21.9 Å². The molecular formula is C26H20ClN7O2S2. The summed E-state index contributed by atoms with van der Waals surface area (Å²) >= 11 is 7.43. The number of aromatic nitrogens is 4. The number of fused-ring (bicyclic) bond motifs is 1. The Hall–Kier alpha value is -3.82. The molecular weight excluding hydrogens is 542 g/mol. The Bertz CT molecular complexity index is 1790. The van der Waals surface area contributed by atoms with Crippen LogP contribution in [0.1, 0.15) is 12.0 Å². The van der Waals surface area contributed by atoms with E-state index in [1.807, 2.05) is 40.2 Å². The summed E-state index contributed by atoms with van der Waals surface area (Å²) in [5.41, 5.74) is 3.55. The number of sulfonamides is 1. The Morgan fingerprint density at radius 2 is 1.97 bits per heavy atom. The molecule has 38 heavy (non-hydrogen) atoms. The van der Waals surface area contributed by atoms with Gasteiger partial charge in [-0.1, -0.05) is 23.7 Å². The number of nitrogens with zero attached hydrogens (tertiary/aromatic N) is 6. The molecule has 0 spiro atoms. The lowest BCUT2D eigenvalue weighted by Gasteiger charge is -2.17. The van der Waals surface area contributed by atoms with Gasteiger partial charge in [0.15, 0.2) is 4.96 Å². The normalized spacial score (nSPS) is 16.1. The first-order valence-corrected chi connectivity index (χ1v) is 14.4. The highest BCUT2D eigenvalue weighted by Gasteiger charge is 2.33. The zero-order valence-corrected chi connectivity index (χ0v) is 22.2. The molecule has 0 radical (unpaired) electrons. The van der Waals surface area contributed by atoms with E-state index in [0.29, 0.717) is 41.7 Å². The fourth-order valence-corrected chi connectivity index (χ4v) is 6.87. The van der Waals surface area contributed by atoms with Crippen LogP contribution in [0.3, 0.4) is 0 Å². The molecule has 1 N–H and O–H groups in total. The number of hydrogen-bond donors (Lipinski definition) is 1. The van der Waals surface area contributed by atoms with Gasteiger partial charge in [-0.05, 0) is 48.9 Å². The number of rotatable bonds is 6. The van der Waals surface area contributed by atoms with Crippen molar-refractivity contribution in [2.75, 3.05) is 18.4 Å². The highest BCUT2D eigenvalue weighted by Crippen LogP contribution is 2.34. The topological polar surface area (TPSA) is 116 Å². The summed E-state index contributed by atoms with van der Waals surface area (Å²) in [6, 6.07) is 17.4. The van der Waals surface area contributed by atoms with Gasteiger partial charge in [-0.15, -0.1) is 11.3 Å². The lowest BCUT2D eigenvalue weighted by atomic mass is 10.1. The highest BCUT2D eigenvalue weighted by molar-refractivity contribution is 7.89. The predicted octanol–water partition coefficient (Wildman–Crippen LogP) is 4.92. The van der Waals surface area contributed by atoms with Crippen molar-refractivity contribution in [2.24, 2.45) is 0 Å². The molecule has 0 aliphatic carbocycles. The van der Waals surface area contributed by atoms with Crippen LogP contribution in [-0.4, -0.2) is 51.2 Å². The van der Waals surface area contributed by atoms with Gasteiger partial charge in [0.25, 0.3) is 0 Å².